The number of thioether (sulfide) groups is 1. The standard InChI is InChI=1S/C11H16N4O4S2/c12-13-10-6-9(15(16)17)3-4-11(10)21(18,19)14-8-2-1-5-20-7-8/h3-4,6,8,13-14H,1-2,5,7,12H2. The summed E-state index contributed by atoms with van der Waals surface area (Å²) in [5.41, 5.74) is 1.98. The molecule has 1 aromatic rings. The van der Waals surface area contributed by atoms with Crippen LogP contribution in [0.1, 0.15) is 12.8 Å². The lowest BCUT2D eigenvalue weighted by Crippen LogP contribution is -2.38. The van der Waals surface area contributed by atoms with Gasteiger partial charge in [0.2, 0.25) is 10.0 Å². The van der Waals surface area contributed by atoms with Crippen LogP contribution in [-0.2, 0) is 10.0 Å². The summed E-state index contributed by atoms with van der Waals surface area (Å²) in [4.78, 5) is 10.0. The topological polar surface area (TPSA) is 127 Å². The minimum atomic E-state index is -3.77. The summed E-state index contributed by atoms with van der Waals surface area (Å²) in [5.74, 6) is 7.03. The predicted octanol–water partition coefficient (Wildman–Crippen LogP) is 1.05. The van der Waals surface area contributed by atoms with Crippen LogP contribution in [0.5, 0.6) is 0 Å². The number of hydrogen-bond donors (Lipinski definition) is 3. The van der Waals surface area contributed by atoms with Gasteiger partial charge < -0.3 is 5.43 Å². The van der Waals surface area contributed by atoms with E-state index in [1.165, 1.54) is 6.07 Å². The summed E-state index contributed by atoms with van der Waals surface area (Å²) in [7, 11) is -3.77. The van der Waals surface area contributed by atoms with Crippen LogP contribution in [-0.4, -0.2) is 30.9 Å². The molecular weight excluding hydrogens is 316 g/mol. The van der Waals surface area contributed by atoms with Crippen molar-refractivity contribution >= 4 is 33.2 Å². The van der Waals surface area contributed by atoms with E-state index < -0.39 is 14.9 Å². The number of anilines is 1. The summed E-state index contributed by atoms with van der Waals surface area (Å²) < 4.78 is 27.4. The van der Waals surface area contributed by atoms with Gasteiger partial charge >= 0.3 is 0 Å². The Labute approximate surface area is 126 Å². The molecule has 1 aliphatic rings. The third-order valence-corrected chi connectivity index (χ3v) is 5.90. The van der Waals surface area contributed by atoms with Crippen molar-refractivity contribution in [2.24, 2.45) is 5.84 Å². The Hall–Kier alpha value is -1.36. The molecule has 0 radical (unpaired) electrons. The van der Waals surface area contributed by atoms with Gasteiger partial charge in [0, 0.05) is 23.9 Å². The molecule has 10 heteroatoms. The van der Waals surface area contributed by atoms with Gasteiger partial charge in [-0.1, -0.05) is 0 Å². The molecule has 8 nitrogen and oxygen atoms in total. The van der Waals surface area contributed by atoms with Crippen molar-refractivity contribution in [1.29, 1.82) is 0 Å². The van der Waals surface area contributed by atoms with Crippen LogP contribution >= 0.6 is 11.8 Å². The number of nitrogens with zero attached hydrogens (tertiary/aromatic N) is 1. The monoisotopic (exact) mass is 332 g/mol. The molecule has 0 spiro atoms. The number of nitrogens with two attached hydrogens (primary N) is 1. The quantitative estimate of drug-likeness (QED) is 0.418. The molecule has 1 aliphatic heterocycles. The minimum Gasteiger partial charge on any atom is -0.323 e. The van der Waals surface area contributed by atoms with Gasteiger partial charge in [0.15, 0.2) is 0 Å². The second-order valence-corrected chi connectivity index (χ2v) is 7.45. The molecule has 4 N–H and O–H groups in total. The molecule has 1 unspecified atom stereocenters. The van der Waals surface area contributed by atoms with Crippen LogP contribution in [0, 0.1) is 10.1 Å². The average Bonchev–Trinajstić information content (AvgIpc) is 2.47. The van der Waals surface area contributed by atoms with Crippen LogP contribution in [0.15, 0.2) is 23.1 Å². The molecular formula is C11H16N4O4S2. The summed E-state index contributed by atoms with van der Waals surface area (Å²) in [6.07, 6.45) is 1.74. The first-order valence-electron chi connectivity index (χ1n) is 6.29. The van der Waals surface area contributed by atoms with E-state index in [-0.39, 0.29) is 22.3 Å². The molecule has 0 bridgehead atoms. The molecule has 1 heterocycles. The first-order valence-corrected chi connectivity index (χ1v) is 8.93. The number of hydrogen-bond acceptors (Lipinski definition) is 7. The fraction of sp³-hybridized carbons (Fsp3) is 0.455. The molecule has 0 amide bonds. The lowest BCUT2D eigenvalue weighted by molar-refractivity contribution is -0.384. The maximum absolute atomic E-state index is 12.4. The molecule has 1 aromatic carbocycles. The fourth-order valence-electron chi connectivity index (χ4n) is 2.10. The van der Waals surface area contributed by atoms with Gasteiger partial charge in [-0.2, -0.15) is 11.8 Å². The van der Waals surface area contributed by atoms with Crippen molar-refractivity contribution in [1.82, 2.24) is 4.72 Å². The molecule has 21 heavy (non-hydrogen) atoms. The Morgan fingerprint density at radius 3 is 2.76 bits per heavy atom. The number of nitro benzene ring substituents is 1. The Morgan fingerprint density at radius 2 is 2.19 bits per heavy atom. The van der Waals surface area contributed by atoms with Gasteiger partial charge in [0.25, 0.3) is 5.69 Å². The van der Waals surface area contributed by atoms with Crippen LogP contribution < -0.4 is 16.0 Å². The zero-order valence-electron chi connectivity index (χ0n) is 11.1. The molecule has 0 saturated carbocycles. The lowest BCUT2D eigenvalue weighted by Gasteiger charge is -2.22. The number of nitrogens with one attached hydrogen (secondary N) is 2. The van der Waals surface area contributed by atoms with Gasteiger partial charge in [0.1, 0.15) is 4.90 Å². The highest BCUT2D eigenvalue weighted by molar-refractivity contribution is 7.99. The number of nitro groups is 1. The first kappa shape index (κ1) is 16.0. The van der Waals surface area contributed by atoms with Gasteiger partial charge in [-0.15, -0.1) is 0 Å². The van der Waals surface area contributed by atoms with Crippen LogP contribution in [0.3, 0.4) is 0 Å². The van der Waals surface area contributed by atoms with Crippen molar-refractivity contribution in [2.45, 2.75) is 23.8 Å². The highest BCUT2D eigenvalue weighted by Gasteiger charge is 2.25. The van der Waals surface area contributed by atoms with E-state index in [1.54, 1.807) is 11.8 Å². The third kappa shape index (κ3) is 3.84. The maximum Gasteiger partial charge on any atom is 0.271 e. The number of benzene rings is 1. The molecule has 0 aromatic heterocycles. The summed E-state index contributed by atoms with van der Waals surface area (Å²) in [5, 5.41) is 10.7. The zero-order chi connectivity index (χ0) is 15.5. The van der Waals surface area contributed by atoms with E-state index in [2.05, 4.69) is 10.1 Å². The highest BCUT2D eigenvalue weighted by Crippen LogP contribution is 2.27. The second kappa shape index (κ2) is 6.60. The summed E-state index contributed by atoms with van der Waals surface area (Å²) >= 11 is 1.70. The number of non-ortho nitro benzene ring substituents is 1. The van der Waals surface area contributed by atoms with E-state index in [0.29, 0.717) is 0 Å². The zero-order valence-corrected chi connectivity index (χ0v) is 12.7. The van der Waals surface area contributed by atoms with E-state index in [4.69, 9.17) is 5.84 Å². The van der Waals surface area contributed by atoms with Crippen molar-refractivity contribution in [3.63, 3.8) is 0 Å². The predicted molar refractivity (Wildman–Crippen MR) is 81.6 cm³/mol. The Morgan fingerprint density at radius 1 is 1.43 bits per heavy atom. The van der Waals surface area contributed by atoms with Gasteiger partial charge in [0.05, 0.1) is 10.6 Å². The summed E-state index contributed by atoms with van der Waals surface area (Å²) in [6.45, 7) is 0. The average molecular weight is 332 g/mol. The number of hydrazine groups is 1. The van der Waals surface area contributed by atoms with E-state index >= 15 is 0 Å². The van der Waals surface area contributed by atoms with E-state index in [9.17, 15) is 18.5 Å². The largest absolute Gasteiger partial charge is 0.323 e. The van der Waals surface area contributed by atoms with Gasteiger partial charge in [-0.05, 0) is 24.7 Å². The number of rotatable bonds is 5. The van der Waals surface area contributed by atoms with E-state index in [0.717, 1.165) is 36.5 Å². The van der Waals surface area contributed by atoms with E-state index in [1.807, 2.05) is 0 Å². The van der Waals surface area contributed by atoms with Gasteiger partial charge in [-0.25, -0.2) is 13.1 Å². The lowest BCUT2D eigenvalue weighted by atomic mass is 10.2. The van der Waals surface area contributed by atoms with Crippen LogP contribution in [0.25, 0.3) is 0 Å². The second-order valence-electron chi connectivity index (χ2n) is 4.62. The number of nitrogen functional groups attached to an aromatic ring is 1. The van der Waals surface area contributed by atoms with Crippen molar-refractivity contribution in [3.8, 4) is 0 Å². The van der Waals surface area contributed by atoms with Crippen LogP contribution in [0.4, 0.5) is 11.4 Å². The van der Waals surface area contributed by atoms with Crippen molar-refractivity contribution in [2.75, 3.05) is 16.9 Å². The molecule has 1 atom stereocenters. The Kier molecular flexibility index (Phi) is 5.04. The van der Waals surface area contributed by atoms with Crippen molar-refractivity contribution in [3.05, 3.63) is 28.3 Å². The van der Waals surface area contributed by atoms with Crippen LogP contribution in [0.2, 0.25) is 0 Å². The number of sulfonamides is 1. The van der Waals surface area contributed by atoms with Crippen molar-refractivity contribution < 1.29 is 13.3 Å². The Bertz CT molecular complexity index is 629. The molecule has 0 aliphatic carbocycles. The summed E-state index contributed by atoms with van der Waals surface area (Å²) in [6, 6.07) is 3.30. The first-order chi connectivity index (χ1) is 9.94. The molecule has 1 saturated heterocycles. The molecule has 1 fully saturated rings. The van der Waals surface area contributed by atoms with Gasteiger partial charge in [-0.3, -0.25) is 16.0 Å². The fourth-order valence-corrected chi connectivity index (χ4v) is 4.69. The molecule has 2 rings (SSSR count). The Balaban J connectivity index is 2.28. The molecule has 116 valence electrons. The maximum atomic E-state index is 12.4. The highest BCUT2D eigenvalue weighted by atomic mass is 32.2. The SMILES string of the molecule is NNc1cc([N+](=O)[O-])ccc1S(=O)(=O)NC1CCCSC1. The smallest absolute Gasteiger partial charge is 0.271 e. The third-order valence-electron chi connectivity index (χ3n) is 3.10. The normalized spacial score (nSPS) is 19.2. The minimum absolute atomic E-state index is 0.000150.